The highest BCUT2D eigenvalue weighted by Gasteiger charge is 2.43. The molecule has 0 amide bonds. The van der Waals surface area contributed by atoms with E-state index < -0.39 is 0 Å². The molecule has 24 heavy (non-hydrogen) atoms. The fourth-order valence-corrected chi connectivity index (χ4v) is 3.68. The number of pyridine rings is 2. The van der Waals surface area contributed by atoms with Crippen LogP contribution in [0.4, 0.5) is 0 Å². The van der Waals surface area contributed by atoms with E-state index in [-0.39, 0.29) is 11.7 Å². The Morgan fingerprint density at radius 3 is 2.83 bits per heavy atom. The van der Waals surface area contributed by atoms with Crippen LogP contribution in [0, 0.1) is 0 Å². The van der Waals surface area contributed by atoms with Gasteiger partial charge in [-0.3, -0.25) is 9.88 Å². The van der Waals surface area contributed by atoms with E-state index >= 15 is 0 Å². The van der Waals surface area contributed by atoms with Crippen molar-refractivity contribution in [2.45, 2.75) is 37.5 Å². The summed E-state index contributed by atoms with van der Waals surface area (Å²) in [7, 11) is 0. The molecule has 5 nitrogen and oxygen atoms in total. The average molecular weight is 325 g/mol. The molecule has 126 valence electrons. The van der Waals surface area contributed by atoms with Crippen molar-refractivity contribution < 1.29 is 9.47 Å². The molecule has 0 aromatic carbocycles. The largest absolute Gasteiger partial charge is 0.472 e. The maximum absolute atomic E-state index is 6.17. The molecule has 4 heterocycles. The molecule has 0 radical (unpaired) electrons. The minimum absolute atomic E-state index is 0.00904. The molecular formula is C19H23N3O2. The van der Waals surface area contributed by atoms with Gasteiger partial charge in [-0.25, -0.2) is 4.98 Å². The lowest BCUT2D eigenvalue weighted by Crippen LogP contribution is -2.44. The maximum atomic E-state index is 6.17. The van der Waals surface area contributed by atoms with Crippen LogP contribution in [0.2, 0.25) is 0 Å². The molecule has 5 heteroatoms. The van der Waals surface area contributed by atoms with Crippen LogP contribution in [-0.2, 0) is 11.3 Å². The van der Waals surface area contributed by atoms with E-state index in [9.17, 15) is 0 Å². The van der Waals surface area contributed by atoms with Gasteiger partial charge in [-0.05, 0) is 30.5 Å². The summed E-state index contributed by atoms with van der Waals surface area (Å²) < 4.78 is 12.1. The fourth-order valence-electron chi connectivity index (χ4n) is 3.68. The molecule has 0 unspecified atom stereocenters. The summed E-state index contributed by atoms with van der Waals surface area (Å²) in [5.74, 6) is 0.692. The van der Waals surface area contributed by atoms with Gasteiger partial charge in [0.2, 0.25) is 5.88 Å². The maximum Gasteiger partial charge on any atom is 0.213 e. The van der Waals surface area contributed by atoms with Crippen LogP contribution in [0.3, 0.4) is 0 Å². The van der Waals surface area contributed by atoms with E-state index in [1.165, 1.54) is 5.56 Å². The van der Waals surface area contributed by atoms with E-state index in [1.807, 2.05) is 36.7 Å². The molecule has 4 rings (SSSR count). The molecule has 2 aromatic heterocycles. The monoisotopic (exact) mass is 325 g/mol. The Labute approximate surface area is 142 Å². The minimum atomic E-state index is -0.00904. The summed E-state index contributed by atoms with van der Waals surface area (Å²) in [6.45, 7) is 3.76. The molecule has 0 aliphatic carbocycles. The molecule has 1 atom stereocenters. The zero-order valence-electron chi connectivity index (χ0n) is 13.8. The third kappa shape index (κ3) is 3.57. The first-order chi connectivity index (χ1) is 11.8. The number of ether oxygens (including phenoxy) is 2. The van der Waals surface area contributed by atoms with Crippen LogP contribution in [0.25, 0.3) is 0 Å². The van der Waals surface area contributed by atoms with Gasteiger partial charge in [-0.2, -0.15) is 0 Å². The van der Waals surface area contributed by atoms with Gasteiger partial charge in [0.15, 0.2) is 0 Å². The molecule has 0 N–H and O–H groups in total. The van der Waals surface area contributed by atoms with Crippen molar-refractivity contribution in [1.29, 1.82) is 0 Å². The van der Waals surface area contributed by atoms with Gasteiger partial charge in [-0.15, -0.1) is 0 Å². The minimum Gasteiger partial charge on any atom is -0.472 e. The van der Waals surface area contributed by atoms with E-state index in [2.05, 4.69) is 20.9 Å². The summed E-state index contributed by atoms with van der Waals surface area (Å²) >= 11 is 0. The van der Waals surface area contributed by atoms with Gasteiger partial charge >= 0.3 is 0 Å². The Balaban J connectivity index is 1.29. The lowest BCUT2D eigenvalue weighted by molar-refractivity contribution is -0.0455. The Hall–Kier alpha value is -1.98. The fraction of sp³-hybridized carbons (Fsp3) is 0.474. The van der Waals surface area contributed by atoms with E-state index in [1.54, 1.807) is 6.20 Å². The van der Waals surface area contributed by atoms with Crippen LogP contribution in [0.15, 0.2) is 48.9 Å². The van der Waals surface area contributed by atoms with E-state index in [0.717, 1.165) is 38.9 Å². The van der Waals surface area contributed by atoms with Crippen LogP contribution in [-0.4, -0.2) is 46.3 Å². The third-order valence-electron chi connectivity index (χ3n) is 5.00. The standard InChI is InChI=1S/C19H23N3O2/c1-2-9-21-18(5-1)24-17-12-19(23-15-17)6-10-22(11-7-19)14-16-4-3-8-20-13-16/h1-5,8-9,13,17H,6-7,10-12,14-15H2/t17-/m0/s1. The predicted molar refractivity (Wildman–Crippen MR) is 90.7 cm³/mol. The Bertz CT molecular complexity index is 642. The number of hydrogen-bond acceptors (Lipinski definition) is 5. The lowest BCUT2D eigenvalue weighted by Gasteiger charge is -2.38. The molecule has 1 spiro atoms. The summed E-state index contributed by atoms with van der Waals surface area (Å²) in [4.78, 5) is 10.9. The second-order valence-electron chi connectivity index (χ2n) is 6.74. The van der Waals surface area contributed by atoms with Gasteiger partial charge in [0.1, 0.15) is 6.10 Å². The topological polar surface area (TPSA) is 47.5 Å². The first-order valence-electron chi connectivity index (χ1n) is 8.64. The van der Waals surface area contributed by atoms with Crippen LogP contribution < -0.4 is 4.74 Å². The second-order valence-corrected chi connectivity index (χ2v) is 6.74. The van der Waals surface area contributed by atoms with Gasteiger partial charge in [0.25, 0.3) is 0 Å². The highest BCUT2D eigenvalue weighted by molar-refractivity contribution is 5.11. The number of rotatable bonds is 4. The quantitative estimate of drug-likeness (QED) is 0.865. The Morgan fingerprint density at radius 1 is 1.17 bits per heavy atom. The number of nitrogens with zero attached hydrogens (tertiary/aromatic N) is 3. The molecule has 2 aliphatic heterocycles. The first-order valence-corrected chi connectivity index (χ1v) is 8.64. The van der Waals surface area contributed by atoms with Crippen LogP contribution >= 0.6 is 0 Å². The number of aromatic nitrogens is 2. The average Bonchev–Trinajstić information content (AvgIpc) is 3.01. The highest BCUT2D eigenvalue weighted by atomic mass is 16.6. The zero-order valence-corrected chi connectivity index (χ0v) is 13.8. The smallest absolute Gasteiger partial charge is 0.213 e. The molecule has 2 fully saturated rings. The van der Waals surface area contributed by atoms with E-state index in [0.29, 0.717) is 12.5 Å². The van der Waals surface area contributed by atoms with Crippen molar-refractivity contribution >= 4 is 0 Å². The first kappa shape index (κ1) is 15.5. The van der Waals surface area contributed by atoms with Gasteiger partial charge in [0, 0.05) is 50.7 Å². The molecule has 0 bridgehead atoms. The van der Waals surface area contributed by atoms with Crippen molar-refractivity contribution in [2.75, 3.05) is 19.7 Å². The van der Waals surface area contributed by atoms with Crippen molar-refractivity contribution in [3.63, 3.8) is 0 Å². The summed E-state index contributed by atoms with van der Waals surface area (Å²) in [6.07, 6.45) is 8.74. The Kier molecular flexibility index (Phi) is 4.45. The van der Waals surface area contributed by atoms with Crippen LogP contribution in [0.1, 0.15) is 24.8 Å². The summed E-state index contributed by atoms with van der Waals surface area (Å²) in [5.41, 5.74) is 1.27. The molecule has 0 saturated carbocycles. The number of hydrogen-bond donors (Lipinski definition) is 0. The normalized spacial score (nSPS) is 23.4. The SMILES string of the molecule is c1ccc(O[C@@H]2COC3(CCN(Cc4cccnc4)CC3)C2)nc1. The number of piperidine rings is 1. The third-order valence-corrected chi connectivity index (χ3v) is 5.00. The second kappa shape index (κ2) is 6.87. The molecule has 2 aromatic rings. The van der Waals surface area contributed by atoms with Gasteiger partial charge in [0.05, 0.1) is 12.2 Å². The van der Waals surface area contributed by atoms with Crippen molar-refractivity contribution in [3.05, 3.63) is 54.5 Å². The van der Waals surface area contributed by atoms with Crippen molar-refractivity contribution in [1.82, 2.24) is 14.9 Å². The van der Waals surface area contributed by atoms with Crippen LogP contribution in [0.5, 0.6) is 5.88 Å². The van der Waals surface area contributed by atoms with Gasteiger partial charge in [-0.1, -0.05) is 12.1 Å². The van der Waals surface area contributed by atoms with Crippen molar-refractivity contribution in [3.8, 4) is 5.88 Å². The Morgan fingerprint density at radius 2 is 2.08 bits per heavy atom. The van der Waals surface area contributed by atoms with Crippen molar-refractivity contribution in [2.24, 2.45) is 0 Å². The van der Waals surface area contributed by atoms with E-state index in [4.69, 9.17) is 9.47 Å². The number of likely N-dealkylation sites (tertiary alicyclic amines) is 1. The molecule has 2 saturated heterocycles. The highest BCUT2D eigenvalue weighted by Crippen LogP contribution is 2.37. The summed E-state index contributed by atoms with van der Waals surface area (Å²) in [6, 6.07) is 9.89. The lowest BCUT2D eigenvalue weighted by atomic mass is 9.88. The predicted octanol–water partition coefficient (Wildman–Crippen LogP) is 2.68. The zero-order chi connectivity index (χ0) is 16.2. The summed E-state index contributed by atoms with van der Waals surface area (Å²) in [5, 5.41) is 0. The molecule has 2 aliphatic rings. The van der Waals surface area contributed by atoms with Gasteiger partial charge < -0.3 is 9.47 Å². The molecular weight excluding hydrogens is 302 g/mol.